The normalized spacial score (nSPS) is 22.7. The predicted octanol–water partition coefficient (Wildman–Crippen LogP) is 0.301. The minimum atomic E-state index is -0.131. The molecule has 0 aliphatic carbocycles. The number of carbonyl (C=O) groups is 2. The van der Waals surface area contributed by atoms with E-state index in [4.69, 9.17) is 5.26 Å². The summed E-state index contributed by atoms with van der Waals surface area (Å²) < 4.78 is 0. The van der Waals surface area contributed by atoms with E-state index in [2.05, 4.69) is 11.0 Å². The number of hydrogen-bond acceptors (Lipinski definition) is 4. The molecule has 6 nitrogen and oxygen atoms in total. The lowest BCUT2D eigenvalue weighted by atomic mass is 9.97. The summed E-state index contributed by atoms with van der Waals surface area (Å²) in [5.74, 6) is 0.366. The van der Waals surface area contributed by atoms with Crippen LogP contribution in [-0.2, 0) is 9.59 Å². The molecule has 0 N–H and O–H groups in total. The molecule has 2 saturated heterocycles. The first-order valence-electron chi connectivity index (χ1n) is 7.71. The molecule has 2 fully saturated rings. The van der Waals surface area contributed by atoms with Crippen LogP contribution in [0.2, 0.25) is 0 Å². The molecule has 0 aromatic carbocycles. The third-order valence-electron chi connectivity index (χ3n) is 4.65. The van der Waals surface area contributed by atoms with Crippen LogP contribution in [0, 0.1) is 17.2 Å². The number of carbonyl (C=O) groups excluding carboxylic acids is 2. The Bertz CT molecular complexity index is 429. The van der Waals surface area contributed by atoms with Gasteiger partial charge < -0.3 is 9.80 Å². The highest BCUT2D eigenvalue weighted by Gasteiger charge is 2.31. The van der Waals surface area contributed by atoms with Crippen LogP contribution in [-0.4, -0.2) is 71.8 Å². The minimum absolute atomic E-state index is 0.0775. The molecular formula is C15H24N4O2. The summed E-state index contributed by atoms with van der Waals surface area (Å²) in [4.78, 5) is 29.7. The Kier molecular flexibility index (Phi) is 5.18. The highest BCUT2D eigenvalue weighted by Crippen LogP contribution is 2.19. The predicted molar refractivity (Wildman–Crippen MR) is 78.2 cm³/mol. The molecule has 2 aliphatic rings. The molecule has 0 aromatic heterocycles. The fourth-order valence-corrected chi connectivity index (χ4v) is 3.08. The number of nitriles is 1. The van der Waals surface area contributed by atoms with E-state index < -0.39 is 0 Å². The third-order valence-corrected chi connectivity index (χ3v) is 4.65. The largest absolute Gasteiger partial charge is 0.339 e. The van der Waals surface area contributed by atoms with Gasteiger partial charge in [-0.2, -0.15) is 5.26 Å². The summed E-state index contributed by atoms with van der Waals surface area (Å²) in [6.45, 7) is 7.66. The number of hydrogen-bond donors (Lipinski definition) is 0. The number of rotatable bonds is 2. The number of nitrogens with zero attached hydrogens (tertiary/aromatic N) is 4. The van der Waals surface area contributed by atoms with Crippen molar-refractivity contribution in [2.45, 2.75) is 32.7 Å². The third kappa shape index (κ3) is 3.73. The molecule has 21 heavy (non-hydrogen) atoms. The molecule has 2 aliphatic heterocycles. The van der Waals surface area contributed by atoms with Crippen molar-refractivity contribution in [3.63, 3.8) is 0 Å². The van der Waals surface area contributed by atoms with Crippen molar-refractivity contribution in [1.29, 1.82) is 5.26 Å². The van der Waals surface area contributed by atoms with Gasteiger partial charge in [-0.3, -0.25) is 14.5 Å². The average molecular weight is 292 g/mol. The lowest BCUT2D eigenvalue weighted by molar-refractivity contribution is -0.142. The van der Waals surface area contributed by atoms with E-state index in [9.17, 15) is 9.59 Å². The molecule has 0 bridgehead atoms. The molecule has 0 spiro atoms. The number of piperazine rings is 1. The zero-order valence-corrected chi connectivity index (χ0v) is 12.9. The van der Waals surface area contributed by atoms with Crippen molar-refractivity contribution in [3.8, 4) is 6.07 Å². The summed E-state index contributed by atoms with van der Waals surface area (Å²) in [6.07, 6.45) is 1.71. The lowest BCUT2D eigenvalue weighted by Crippen LogP contribution is -2.55. The van der Waals surface area contributed by atoms with E-state index in [0.717, 1.165) is 25.9 Å². The number of likely N-dealkylation sites (tertiary alicyclic amines) is 1. The topological polar surface area (TPSA) is 67.7 Å². The maximum atomic E-state index is 12.5. The first kappa shape index (κ1) is 15.8. The second-order valence-electron chi connectivity index (χ2n) is 5.95. The molecular weight excluding hydrogens is 268 g/mol. The smallest absolute Gasteiger partial charge is 0.239 e. The van der Waals surface area contributed by atoms with Crippen LogP contribution in [0.5, 0.6) is 0 Å². The van der Waals surface area contributed by atoms with Gasteiger partial charge in [0.25, 0.3) is 0 Å². The zero-order valence-electron chi connectivity index (χ0n) is 12.9. The van der Waals surface area contributed by atoms with Crippen LogP contribution in [0.15, 0.2) is 0 Å². The second-order valence-corrected chi connectivity index (χ2v) is 5.95. The average Bonchev–Trinajstić information content (AvgIpc) is 2.53. The fraction of sp³-hybridized carbons (Fsp3) is 0.800. The van der Waals surface area contributed by atoms with Crippen molar-refractivity contribution in [3.05, 3.63) is 0 Å². The Morgan fingerprint density at radius 3 is 2.05 bits per heavy atom. The van der Waals surface area contributed by atoms with Crippen molar-refractivity contribution in [1.82, 2.24) is 14.7 Å². The van der Waals surface area contributed by atoms with E-state index in [1.54, 1.807) is 11.8 Å². The Morgan fingerprint density at radius 1 is 1.05 bits per heavy atom. The summed E-state index contributed by atoms with van der Waals surface area (Å²) >= 11 is 0. The highest BCUT2D eigenvalue weighted by molar-refractivity contribution is 5.82. The number of amides is 2. The standard InChI is InChI=1S/C15H24N4O2/c1-12(17-5-3-14(11-16)4-6-17)15(21)19-9-7-18(8-10-19)13(2)20/h12,14H,3-10H2,1-2H3. The van der Waals surface area contributed by atoms with Crippen molar-refractivity contribution >= 4 is 11.8 Å². The van der Waals surface area contributed by atoms with Crippen molar-refractivity contribution in [2.24, 2.45) is 5.92 Å². The molecule has 6 heteroatoms. The van der Waals surface area contributed by atoms with E-state index in [-0.39, 0.29) is 23.8 Å². The number of piperidine rings is 1. The molecule has 2 amide bonds. The monoisotopic (exact) mass is 292 g/mol. The molecule has 0 aromatic rings. The van der Waals surface area contributed by atoms with Crippen LogP contribution in [0.25, 0.3) is 0 Å². The summed E-state index contributed by atoms with van der Waals surface area (Å²) in [5.41, 5.74) is 0. The van der Waals surface area contributed by atoms with Gasteiger partial charge in [-0.05, 0) is 19.8 Å². The fourth-order valence-electron chi connectivity index (χ4n) is 3.08. The first-order valence-corrected chi connectivity index (χ1v) is 7.71. The molecule has 0 radical (unpaired) electrons. The van der Waals surface area contributed by atoms with E-state index in [0.29, 0.717) is 26.2 Å². The molecule has 2 rings (SSSR count). The second kappa shape index (κ2) is 6.90. The van der Waals surface area contributed by atoms with Gasteiger partial charge in [0.05, 0.1) is 12.1 Å². The molecule has 116 valence electrons. The highest BCUT2D eigenvalue weighted by atomic mass is 16.2. The van der Waals surface area contributed by atoms with Gasteiger partial charge in [0.15, 0.2) is 0 Å². The summed E-state index contributed by atoms with van der Waals surface area (Å²) in [6, 6.07) is 2.18. The van der Waals surface area contributed by atoms with Gasteiger partial charge in [-0.1, -0.05) is 0 Å². The van der Waals surface area contributed by atoms with Gasteiger partial charge >= 0.3 is 0 Å². The lowest BCUT2D eigenvalue weighted by Gasteiger charge is -2.39. The van der Waals surface area contributed by atoms with Gasteiger partial charge in [0, 0.05) is 52.1 Å². The van der Waals surface area contributed by atoms with Crippen LogP contribution in [0.3, 0.4) is 0 Å². The summed E-state index contributed by atoms with van der Waals surface area (Å²) in [5, 5.41) is 8.92. The van der Waals surface area contributed by atoms with E-state index in [1.807, 2.05) is 11.8 Å². The van der Waals surface area contributed by atoms with Gasteiger partial charge in [-0.25, -0.2) is 0 Å². The maximum Gasteiger partial charge on any atom is 0.239 e. The van der Waals surface area contributed by atoms with Gasteiger partial charge in [0.2, 0.25) is 11.8 Å². The van der Waals surface area contributed by atoms with Crippen molar-refractivity contribution < 1.29 is 9.59 Å². The Morgan fingerprint density at radius 2 is 1.57 bits per heavy atom. The van der Waals surface area contributed by atoms with Crippen LogP contribution in [0.4, 0.5) is 0 Å². The van der Waals surface area contributed by atoms with Crippen LogP contribution in [0.1, 0.15) is 26.7 Å². The van der Waals surface area contributed by atoms with Gasteiger partial charge in [-0.15, -0.1) is 0 Å². The quantitative estimate of drug-likeness (QED) is 0.734. The van der Waals surface area contributed by atoms with E-state index in [1.165, 1.54) is 0 Å². The minimum Gasteiger partial charge on any atom is -0.339 e. The molecule has 0 saturated carbocycles. The first-order chi connectivity index (χ1) is 10.0. The Labute approximate surface area is 126 Å². The van der Waals surface area contributed by atoms with Crippen molar-refractivity contribution in [2.75, 3.05) is 39.3 Å². The maximum absolute atomic E-state index is 12.5. The Hall–Kier alpha value is -1.61. The van der Waals surface area contributed by atoms with Crippen LogP contribution >= 0.6 is 0 Å². The van der Waals surface area contributed by atoms with Crippen LogP contribution < -0.4 is 0 Å². The molecule has 1 unspecified atom stereocenters. The van der Waals surface area contributed by atoms with E-state index >= 15 is 0 Å². The van der Waals surface area contributed by atoms with Gasteiger partial charge in [0.1, 0.15) is 0 Å². The molecule has 2 heterocycles. The SMILES string of the molecule is CC(=O)N1CCN(C(=O)C(C)N2CCC(C#N)CC2)CC1. The Balaban J connectivity index is 1.83. The molecule has 1 atom stereocenters. The summed E-state index contributed by atoms with van der Waals surface area (Å²) in [7, 11) is 0. The zero-order chi connectivity index (χ0) is 15.4.